The van der Waals surface area contributed by atoms with E-state index in [-0.39, 0.29) is 0 Å². The molecule has 0 unspecified atom stereocenters. The minimum atomic E-state index is 0.649. The van der Waals surface area contributed by atoms with Crippen molar-refractivity contribution in [1.82, 2.24) is 0 Å². The van der Waals surface area contributed by atoms with E-state index < -0.39 is 0 Å². The molecule has 0 aliphatic heterocycles. The van der Waals surface area contributed by atoms with E-state index in [1.807, 2.05) is 94.4 Å². The van der Waals surface area contributed by atoms with Crippen molar-refractivity contribution >= 4 is 0 Å². The van der Waals surface area contributed by atoms with E-state index in [0.717, 1.165) is 0 Å². The van der Waals surface area contributed by atoms with E-state index in [4.69, 9.17) is 4.74 Å². The van der Waals surface area contributed by atoms with Gasteiger partial charge in [0, 0.05) is 0 Å². The summed E-state index contributed by atoms with van der Waals surface area (Å²) in [6, 6.07) is 0. The molecule has 0 saturated heterocycles. The third kappa shape index (κ3) is 42.7. The molecule has 0 radical (unpaired) electrons. The van der Waals surface area contributed by atoms with Crippen LogP contribution in [0.1, 0.15) is 76.2 Å². The maximum Gasteiger partial charge on any atom is 0.126 e. The molecular weight excluding hydrogens is 292 g/mol. The van der Waals surface area contributed by atoms with E-state index in [2.05, 4.69) is 19.7 Å². The molecule has 0 saturated carbocycles. The van der Waals surface area contributed by atoms with Gasteiger partial charge in [0.25, 0.3) is 0 Å². The average molecular weight is 339 g/mol. The fourth-order valence-electron chi connectivity index (χ4n) is 0.731. The molecule has 0 rings (SSSR count). The highest BCUT2D eigenvalue weighted by Crippen LogP contribution is 2.08. The van der Waals surface area contributed by atoms with E-state index >= 15 is 0 Å². The second-order valence-corrected chi connectivity index (χ2v) is 2.41. The van der Waals surface area contributed by atoms with E-state index in [0.29, 0.717) is 11.5 Å². The van der Waals surface area contributed by atoms with Crippen LogP contribution in [0.15, 0.2) is 73.8 Å². The highest BCUT2D eigenvalue weighted by molar-refractivity contribution is 5.23. The Hall–Kier alpha value is -1.76. The summed E-state index contributed by atoms with van der Waals surface area (Å²) in [6.45, 7) is 32.8. The monoisotopic (exact) mass is 338 g/mol. The Morgan fingerprint density at radius 2 is 0.958 bits per heavy atom. The molecule has 144 valence electrons. The van der Waals surface area contributed by atoms with Gasteiger partial charge in [-0.3, -0.25) is 0 Å². The molecule has 0 spiro atoms. The predicted octanol–water partition coefficient (Wildman–Crippen LogP) is 9.04. The number of allylic oxidation sites excluding steroid dienone is 7. The molecule has 0 fully saturated rings. The number of ether oxygens (including phenoxy) is 1. The summed E-state index contributed by atoms with van der Waals surface area (Å²) in [6.07, 6.45) is 12.3. The van der Waals surface area contributed by atoms with Gasteiger partial charge < -0.3 is 4.74 Å². The predicted molar refractivity (Wildman–Crippen MR) is 119 cm³/mol. The van der Waals surface area contributed by atoms with Crippen LogP contribution >= 0.6 is 0 Å². The Labute approximate surface area is 155 Å². The fourth-order valence-corrected chi connectivity index (χ4v) is 0.731. The van der Waals surface area contributed by atoms with Gasteiger partial charge in [0.2, 0.25) is 0 Å². The van der Waals surface area contributed by atoms with Crippen molar-refractivity contribution in [2.24, 2.45) is 0 Å². The van der Waals surface area contributed by atoms with Crippen molar-refractivity contribution in [3.8, 4) is 0 Å². The lowest BCUT2D eigenvalue weighted by Crippen LogP contribution is -1.87. The standard InChI is InChI=1S/C13H16O.5C2H6/c1-5-9-11-13(8-4)14-12(7-3)10-6-2;5*1-2/h5-11H,2-4H2,1H3;5*1-2H3/b9-5-,12-10+,13-11+;;;;;. The molecule has 1 nitrogen and oxygen atoms in total. The molecule has 1 heteroatoms. The van der Waals surface area contributed by atoms with Crippen molar-refractivity contribution in [2.75, 3.05) is 0 Å². The number of rotatable bonds is 6. The minimum Gasteiger partial charge on any atom is -0.457 e. The quantitative estimate of drug-likeness (QED) is 0.346. The number of hydrogen-bond acceptors (Lipinski definition) is 1. The summed E-state index contributed by atoms with van der Waals surface area (Å²) in [5.41, 5.74) is 0. The van der Waals surface area contributed by atoms with Crippen LogP contribution in [0.2, 0.25) is 0 Å². The van der Waals surface area contributed by atoms with Crippen LogP contribution in [0, 0.1) is 0 Å². The molecule has 0 amide bonds. The molecule has 0 aromatic rings. The zero-order valence-electron chi connectivity index (χ0n) is 18.6. The lowest BCUT2D eigenvalue weighted by Gasteiger charge is -2.05. The third-order valence-electron chi connectivity index (χ3n) is 1.37. The molecule has 0 aromatic carbocycles. The summed E-state index contributed by atoms with van der Waals surface area (Å²) >= 11 is 0. The normalized spacial score (nSPS) is 8.62. The number of hydrogen-bond donors (Lipinski definition) is 0. The summed E-state index contributed by atoms with van der Waals surface area (Å²) in [7, 11) is 0. The van der Waals surface area contributed by atoms with Crippen LogP contribution < -0.4 is 0 Å². The van der Waals surface area contributed by atoms with Crippen LogP contribution in [0.25, 0.3) is 0 Å². The summed E-state index contributed by atoms with van der Waals surface area (Å²) in [5, 5.41) is 0. The Morgan fingerprint density at radius 1 is 0.625 bits per heavy atom. The van der Waals surface area contributed by atoms with Crippen molar-refractivity contribution < 1.29 is 4.74 Å². The van der Waals surface area contributed by atoms with Gasteiger partial charge in [0.05, 0.1) is 0 Å². The van der Waals surface area contributed by atoms with Gasteiger partial charge in [-0.15, -0.1) is 0 Å². The molecule has 0 atom stereocenters. The molecule has 0 heterocycles. The SMILES string of the molecule is C=C/C=C(\C=C)O/C(C=C)=C/C=C\C.CC.CC.CC.CC.CC. The van der Waals surface area contributed by atoms with Crippen LogP contribution in [-0.2, 0) is 4.74 Å². The van der Waals surface area contributed by atoms with Gasteiger partial charge >= 0.3 is 0 Å². The first kappa shape index (κ1) is 38.0. The summed E-state index contributed by atoms with van der Waals surface area (Å²) in [4.78, 5) is 0. The highest BCUT2D eigenvalue weighted by atomic mass is 16.5. The Bertz CT molecular complexity index is 291. The van der Waals surface area contributed by atoms with Crippen molar-refractivity contribution in [1.29, 1.82) is 0 Å². The van der Waals surface area contributed by atoms with Gasteiger partial charge in [0.1, 0.15) is 11.5 Å². The van der Waals surface area contributed by atoms with Crippen molar-refractivity contribution in [3.63, 3.8) is 0 Å². The molecule has 0 aliphatic rings. The Morgan fingerprint density at radius 3 is 1.21 bits per heavy atom. The van der Waals surface area contributed by atoms with Crippen molar-refractivity contribution in [3.05, 3.63) is 73.8 Å². The third-order valence-corrected chi connectivity index (χ3v) is 1.37. The first-order chi connectivity index (χ1) is 11.8. The summed E-state index contributed by atoms with van der Waals surface area (Å²) in [5.74, 6) is 1.33. The van der Waals surface area contributed by atoms with Crippen LogP contribution in [0.5, 0.6) is 0 Å². The zero-order valence-corrected chi connectivity index (χ0v) is 18.6. The first-order valence-electron chi connectivity index (χ1n) is 9.37. The van der Waals surface area contributed by atoms with Crippen molar-refractivity contribution in [2.45, 2.75) is 76.2 Å². The van der Waals surface area contributed by atoms with Gasteiger partial charge in [0.15, 0.2) is 0 Å². The van der Waals surface area contributed by atoms with Crippen LogP contribution in [0.4, 0.5) is 0 Å². The summed E-state index contributed by atoms with van der Waals surface area (Å²) < 4.78 is 5.46. The van der Waals surface area contributed by atoms with E-state index in [1.165, 1.54) is 0 Å². The molecule has 0 aliphatic carbocycles. The van der Waals surface area contributed by atoms with Crippen LogP contribution in [0.3, 0.4) is 0 Å². The second-order valence-electron chi connectivity index (χ2n) is 2.41. The zero-order chi connectivity index (χ0) is 20.8. The maximum absolute atomic E-state index is 5.46. The topological polar surface area (TPSA) is 9.23 Å². The fraction of sp³-hybridized carbons (Fsp3) is 0.478. The lowest BCUT2D eigenvalue weighted by atomic mass is 10.3. The Kier molecular flexibility index (Phi) is 92.1. The lowest BCUT2D eigenvalue weighted by molar-refractivity contribution is 0.337. The van der Waals surface area contributed by atoms with E-state index in [1.54, 1.807) is 24.3 Å². The minimum absolute atomic E-state index is 0.649. The van der Waals surface area contributed by atoms with Gasteiger partial charge in [-0.25, -0.2) is 0 Å². The molecule has 24 heavy (non-hydrogen) atoms. The van der Waals surface area contributed by atoms with Crippen LogP contribution in [-0.4, -0.2) is 0 Å². The molecule has 0 aromatic heterocycles. The highest BCUT2D eigenvalue weighted by Gasteiger charge is 1.93. The van der Waals surface area contributed by atoms with Gasteiger partial charge in [-0.2, -0.15) is 0 Å². The molecule has 0 N–H and O–H groups in total. The van der Waals surface area contributed by atoms with E-state index in [9.17, 15) is 0 Å². The average Bonchev–Trinajstić information content (AvgIpc) is 2.72. The van der Waals surface area contributed by atoms with Gasteiger partial charge in [-0.05, 0) is 31.2 Å². The largest absolute Gasteiger partial charge is 0.457 e. The molecular formula is C23H46O. The smallest absolute Gasteiger partial charge is 0.126 e. The maximum atomic E-state index is 5.46. The Balaban J connectivity index is -0.0000000687. The van der Waals surface area contributed by atoms with Gasteiger partial charge in [-0.1, -0.05) is 107 Å². The first-order valence-corrected chi connectivity index (χ1v) is 9.37. The molecule has 0 bridgehead atoms. The second kappa shape index (κ2) is 58.1.